The van der Waals surface area contributed by atoms with Gasteiger partial charge in [-0.1, -0.05) is 6.58 Å². The summed E-state index contributed by atoms with van der Waals surface area (Å²) in [5, 5.41) is 9.67. The molecule has 1 aliphatic carbocycles. The maximum Gasteiger partial charge on any atom is 0.309 e. The Bertz CT molecular complexity index is 325. The summed E-state index contributed by atoms with van der Waals surface area (Å²) in [6, 6.07) is 0. The minimum Gasteiger partial charge on any atom is -0.459 e. The molecule has 2 fully saturated rings. The molecule has 2 rings (SSSR count). The van der Waals surface area contributed by atoms with Crippen LogP contribution in [-0.2, 0) is 14.3 Å². The molecule has 1 saturated heterocycles. The fourth-order valence-corrected chi connectivity index (χ4v) is 2.36. The van der Waals surface area contributed by atoms with E-state index in [1.165, 1.54) is 0 Å². The molecule has 4 heteroatoms. The van der Waals surface area contributed by atoms with E-state index >= 15 is 0 Å². The van der Waals surface area contributed by atoms with Gasteiger partial charge in [0, 0.05) is 6.42 Å². The van der Waals surface area contributed by atoms with Gasteiger partial charge in [-0.3, -0.25) is 4.79 Å². The number of ether oxygens (including phenoxy) is 2. The summed E-state index contributed by atoms with van der Waals surface area (Å²) in [5.41, 5.74) is -0.0197. The number of fused-ring (bicyclic) bond motifs is 2. The van der Waals surface area contributed by atoms with Gasteiger partial charge in [0.15, 0.2) is 6.29 Å². The van der Waals surface area contributed by atoms with Crippen molar-refractivity contribution in [2.75, 3.05) is 0 Å². The van der Waals surface area contributed by atoms with E-state index < -0.39 is 11.9 Å². The highest BCUT2D eigenvalue weighted by Gasteiger charge is 2.51. The lowest BCUT2D eigenvalue weighted by Crippen LogP contribution is -2.46. The van der Waals surface area contributed by atoms with E-state index in [0.717, 1.165) is 12.8 Å². The Labute approximate surface area is 95.2 Å². The van der Waals surface area contributed by atoms with Gasteiger partial charge >= 0.3 is 5.97 Å². The quantitative estimate of drug-likeness (QED) is 0.449. The molecule has 4 nitrogen and oxygen atoms in total. The molecule has 0 spiro atoms. The van der Waals surface area contributed by atoms with Crippen molar-refractivity contribution in [2.45, 2.75) is 51.1 Å². The lowest BCUT2D eigenvalue weighted by atomic mass is 9.79. The third-order valence-electron chi connectivity index (χ3n) is 3.56. The van der Waals surface area contributed by atoms with Crippen molar-refractivity contribution in [3.63, 3.8) is 0 Å². The highest BCUT2D eigenvalue weighted by Crippen LogP contribution is 2.43. The van der Waals surface area contributed by atoms with Crippen LogP contribution in [0.2, 0.25) is 0 Å². The van der Waals surface area contributed by atoms with Gasteiger partial charge in [0.25, 0.3) is 0 Å². The van der Waals surface area contributed by atoms with E-state index in [-0.39, 0.29) is 18.0 Å². The van der Waals surface area contributed by atoms with Gasteiger partial charge in [0.2, 0.25) is 0 Å². The minimum absolute atomic E-state index is 0.0312. The average molecular weight is 226 g/mol. The van der Waals surface area contributed by atoms with Gasteiger partial charge in [-0.25, -0.2) is 0 Å². The van der Waals surface area contributed by atoms with Gasteiger partial charge in [-0.15, -0.1) is 0 Å². The number of carbonyl (C=O) groups is 1. The molecule has 4 atom stereocenters. The lowest BCUT2D eigenvalue weighted by Gasteiger charge is -2.38. The normalized spacial score (nSPS) is 39.3. The number of aliphatic hydroxyl groups is 1. The van der Waals surface area contributed by atoms with E-state index in [0.29, 0.717) is 12.0 Å². The Morgan fingerprint density at radius 3 is 3.06 bits per heavy atom. The van der Waals surface area contributed by atoms with E-state index in [4.69, 9.17) is 9.47 Å². The van der Waals surface area contributed by atoms with Crippen molar-refractivity contribution >= 4 is 5.97 Å². The highest BCUT2D eigenvalue weighted by atomic mass is 16.6. The van der Waals surface area contributed by atoms with Crippen LogP contribution in [0.25, 0.3) is 0 Å². The van der Waals surface area contributed by atoms with Gasteiger partial charge in [0.1, 0.15) is 11.7 Å². The van der Waals surface area contributed by atoms with E-state index in [2.05, 4.69) is 6.58 Å². The summed E-state index contributed by atoms with van der Waals surface area (Å²) < 4.78 is 10.9. The van der Waals surface area contributed by atoms with E-state index in [1.807, 2.05) is 6.92 Å². The number of hydrogen-bond acceptors (Lipinski definition) is 4. The van der Waals surface area contributed by atoms with Crippen LogP contribution in [0.1, 0.15) is 33.1 Å². The van der Waals surface area contributed by atoms with Crippen molar-refractivity contribution in [1.82, 2.24) is 0 Å². The minimum atomic E-state index is -0.985. The van der Waals surface area contributed by atoms with Crippen molar-refractivity contribution in [3.8, 4) is 0 Å². The highest BCUT2D eigenvalue weighted by molar-refractivity contribution is 5.75. The molecule has 0 radical (unpaired) electrons. The fourth-order valence-electron chi connectivity index (χ4n) is 2.36. The van der Waals surface area contributed by atoms with Crippen LogP contribution in [0.4, 0.5) is 0 Å². The summed E-state index contributed by atoms with van der Waals surface area (Å²) in [6.07, 6.45) is 0.999. The third kappa shape index (κ3) is 1.87. The number of hydrogen-bond donors (Lipinski definition) is 1. The number of esters is 1. The molecule has 0 aromatic rings. The Balaban J connectivity index is 2.08. The average Bonchev–Trinajstić information content (AvgIpc) is 2.52. The first-order valence-corrected chi connectivity index (χ1v) is 5.64. The van der Waals surface area contributed by atoms with Gasteiger partial charge in [0.05, 0.1) is 5.92 Å². The first-order chi connectivity index (χ1) is 7.42. The molecule has 1 aliphatic heterocycles. The molecule has 0 amide bonds. The third-order valence-corrected chi connectivity index (χ3v) is 3.56. The predicted octanol–water partition coefficient (Wildman–Crippen LogP) is 1.38. The number of aliphatic hydroxyl groups excluding tert-OH is 1. The van der Waals surface area contributed by atoms with E-state index in [1.54, 1.807) is 6.92 Å². The Hall–Kier alpha value is -0.870. The zero-order chi connectivity index (χ0) is 11.9. The van der Waals surface area contributed by atoms with Crippen LogP contribution in [0, 0.1) is 5.92 Å². The second-order valence-corrected chi connectivity index (χ2v) is 5.03. The largest absolute Gasteiger partial charge is 0.459 e. The first-order valence-electron chi connectivity index (χ1n) is 5.64. The molecule has 90 valence electrons. The Morgan fingerprint density at radius 2 is 2.44 bits per heavy atom. The zero-order valence-electron chi connectivity index (χ0n) is 9.73. The van der Waals surface area contributed by atoms with Gasteiger partial charge in [-0.2, -0.15) is 0 Å². The Morgan fingerprint density at radius 1 is 1.75 bits per heavy atom. The molecule has 1 saturated carbocycles. The van der Waals surface area contributed by atoms with Crippen LogP contribution in [-0.4, -0.2) is 29.1 Å². The Kier molecular flexibility index (Phi) is 2.80. The summed E-state index contributed by atoms with van der Waals surface area (Å²) >= 11 is 0. The monoisotopic (exact) mass is 226 g/mol. The van der Waals surface area contributed by atoms with Crippen LogP contribution in [0.5, 0.6) is 0 Å². The van der Waals surface area contributed by atoms with Crippen LogP contribution < -0.4 is 0 Å². The van der Waals surface area contributed by atoms with E-state index in [9.17, 15) is 9.90 Å². The second kappa shape index (κ2) is 3.86. The SMILES string of the molecule is C=C(C)C(O)OC1(C)CCC2CC1OC2=O. The summed E-state index contributed by atoms with van der Waals surface area (Å²) in [5.74, 6) is -0.0919. The molecular formula is C12H18O4. The molecule has 2 aliphatic rings. The van der Waals surface area contributed by atoms with Crippen molar-refractivity contribution in [1.29, 1.82) is 0 Å². The first kappa shape index (κ1) is 11.6. The summed E-state index contributed by atoms with van der Waals surface area (Å²) in [6.45, 7) is 7.24. The zero-order valence-corrected chi connectivity index (χ0v) is 9.73. The van der Waals surface area contributed by atoms with Crippen molar-refractivity contribution in [2.24, 2.45) is 5.92 Å². The predicted molar refractivity (Wildman–Crippen MR) is 57.5 cm³/mol. The number of rotatable bonds is 3. The van der Waals surface area contributed by atoms with Crippen LogP contribution >= 0.6 is 0 Å². The maximum absolute atomic E-state index is 11.4. The van der Waals surface area contributed by atoms with Gasteiger partial charge < -0.3 is 14.6 Å². The molecule has 16 heavy (non-hydrogen) atoms. The molecule has 0 aromatic heterocycles. The second-order valence-electron chi connectivity index (χ2n) is 5.03. The van der Waals surface area contributed by atoms with Crippen LogP contribution in [0.3, 0.4) is 0 Å². The fraction of sp³-hybridized carbons (Fsp3) is 0.750. The molecule has 2 bridgehead atoms. The van der Waals surface area contributed by atoms with Crippen LogP contribution in [0.15, 0.2) is 12.2 Å². The van der Waals surface area contributed by atoms with Crippen molar-refractivity contribution < 1.29 is 19.4 Å². The maximum atomic E-state index is 11.4. The molecule has 1 N–H and O–H groups in total. The standard InChI is InChI=1S/C12H18O4/c1-7(2)10(13)16-12(3)5-4-8-6-9(12)15-11(8)14/h8-10,13H,1,4-6H2,2-3H3. The summed E-state index contributed by atoms with van der Waals surface area (Å²) in [7, 11) is 0. The molecule has 0 aromatic carbocycles. The molecular weight excluding hydrogens is 208 g/mol. The number of carbonyl (C=O) groups excluding carboxylic acids is 1. The summed E-state index contributed by atoms with van der Waals surface area (Å²) in [4.78, 5) is 11.4. The van der Waals surface area contributed by atoms with Crippen molar-refractivity contribution in [3.05, 3.63) is 12.2 Å². The van der Waals surface area contributed by atoms with Gasteiger partial charge in [-0.05, 0) is 32.3 Å². The molecule has 1 heterocycles. The lowest BCUT2D eigenvalue weighted by molar-refractivity contribution is -0.205. The molecule has 4 unspecified atom stereocenters. The smallest absolute Gasteiger partial charge is 0.309 e. The topological polar surface area (TPSA) is 55.8 Å².